The summed E-state index contributed by atoms with van der Waals surface area (Å²) in [7, 11) is 1.93. The number of rotatable bonds is 4. The molecule has 1 heterocycles. The lowest BCUT2D eigenvalue weighted by Crippen LogP contribution is -2.47. The van der Waals surface area contributed by atoms with Crippen LogP contribution in [0.15, 0.2) is 12.7 Å². The summed E-state index contributed by atoms with van der Waals surface area (Å²) in [5.41, 5.74) is 0.323. The Morgan fingerprint density at radius 3 is 2.35 bits per heavy atom. The third kappa shape index (κ3) is 2.89. The van der Waals surface area contributed by atoms with Crippen LogP contribution in [0.2, 0.25) is 0 Å². The number of amides is 2. The molecule has 2 aliphatic rings. The van der Waals surface area contributed by atoms with Crippen molar-refractivity contribution in [3.8, 4) is 0 Å². The minimum atomic E-state index is -0.0249. The fraction of sp³-hybridized carbons (Fsp3) is 0.750. The van der Waals surface area contributed by atoms with Gasteiger partial charge in [0.2, 0.25) is 11.8 Å². The van der Waals surface area contributed by atoms with Gasteiger partial charge in [-0.1, -0.05) is 13.5 Å². The minimum Gasteiger partial charge on any atom is -0.342 e. The zero-order chi connectivity index (χ0) is 14.9. The molecule has 0 N–H and O–H groups in total. The number of hydrogen-bond donors (Lipinski definition) is 0. The van der Waals surface area contributed by atoms with E-state index in [-0.39, 0.29) is 17.7 Å². The van der Waals surface area contributed by atoms with E-state index in [0.717, 1.165) is 12.8 Å². The molecule has 20 heavy (non-hydrogen) atoms. The van der Waals surface area contributed by atoms with Gasteiger partial charge in [0.15, 0.2) is 0 Å². The summed E-state index contributed by atoms with van der Waals surface area (Å²) in [4.78, 5) is 27.8. The average molecular weight is 278 g/mol. The highest BCUT2D eigenvalue weighted by Crippen LogP contribution is 2.49. The predicted octanol–water partition coefficient (Wildman–Crippen LogP) is 2.06. The molecule has 0 aromatic carbocycles. The van der Waals surface area contributed by atoms with Gasteiger partial charge in [0, 0.05) is 32.1 Å². The summed E-state index contributed by atoms with van der Waals surface area (Å²) in [5, 5.41) is 0. The first kappa shape index (κ1) is 15.1. The fourth-order valence-corrected chi connectivity index (χ4v) is 3.04. The highest BCUT2D eigenvalue weighted by atomic mass is 16.2. The maximum atomic E-state index is 12.6. The van der Waals surface area contributed by atoms with E-state index in [2.05, 4.69) is 20.4 Å². The van der Waals surface area contributed by atoms with Gasteiger partial charge in [-0.05, 0) is 44.1 Å². The zero-order valence-electron chi connectivity index (χ0n) is 12.9. The highest BCUT2D eigenvalue weighted by Gasteiger charge is 2.46. The Morgan fingerprint density at radius 2 is 1.90 bits per heavy atom. The number of hydrogen-bond acceptors (Lipinski definition) is 2. The van der Waals surface area contributed by atoms with E-state index >= 15 is 0 Å². The van der Waals surface area contributed by atoms with E-state index in [1.165, 1.54) is 18.9 Å². The first-order valence-electron chi connectivity index (χ1n) is 7.57. The van der Waals surface area contributed by atoms with Crippen molar-refractivity contribution < 1.29 is 9.59 Å². The van der Waals surface area contributed by atoms with Crippen molar-refractivity contribution in [1.82, 2.24) is 9.80 Å². The number of carbonyl (C=O) groups is 2. The van der Waals surface area contributed by atoms with Crippen LogP contribution in [-0.4, -0.2) is 47.8 Å². The van der Waals surface area contributed by atoms with Crippen LogP contribution in [0.4, 0.5) is 0 Å². The monoisotopic (exact) mass is 278 g/mol. The molecule has 0 bridgehead atoms. The standard InChI is InChI=1S/C16H26N2O2/c1-5-14(19)18-10-6-13(7-11-18)15(20)17(4)12(2)16(3)8-9-16/h5,12-13H,1,6-11H2,2-4H3. The Hall–Kier alpha value is -1.32. The number of likely N-dealkylation sites (tertiary alicyclic amines) is 1. The molecule has 1 atom stereocenters. The van der Waals surface area contributed by atoms with Gasteiger partial charge in [0.25, 0.3) is 0 Å². The Morgan fingerprint density at radius 1 is 1.35 bits per heavy atom. The van der Waals surface area contributed by atoms with E-state index in [1.54, 1.807) is 4.90 Å². The van der Waals surface area contributed by atoms with Crippen LogP contribution in [0.3, 0.4) is 0 Å². The number of nitrogens with zero attached hydrogens (tertiary/aromatic N) is 2. The van der Waals surface area contributed by atoms with Crippen LogP contribution in [0, 0.1) is 11.3 Å². The summed E-state index contributed by atoms with van der Waals surface area (Å²) in [6.45, 7) is 9.25. The lowest BCUT2D eigenvalue weighted by atomic mass is 9.92. The van der Waals surface area contributed by atoms with Gasteiger partial charge in [-0.3, -0.25) is 9.59 Å². The molecule has 2 amide bonds. The topological polar surface area (TPSA) is 40.6 Å². The Labute approximate surface area is 121 Å². The van der Waals surface area contributed by atoms with E-state index in [9.17, 15) is 9.59 Å². The van der Waals surface area contributed by atoms with Crippen molar-refractivity contribution in [3.05, 3.63) is 12.7 Å². The smallest absolute Gasteiger partial charge is 0.245 e. The maximum Gasteiger partial charge on any atom is 0.245 e. The van der Waals surface area contributed by atoms with Gasteiger partial charge < -0.3 is 9.80 Å². The molecule has 1 aliphatic heterocycles. The zero-order valence-corrected chi connectivity index (χ0v) is 12.9. The molecule has 2 fully saturated rings. The molecular formula is C16H26N2O2. The predicted molar refractivity (Wildman–Crippen MR) is 79.1 cm³/mol. The summed E-state index contributed by atoms with van der Waals surface area (Å²) >= 11 is 0. The van der Waals surface area contributed by atoms with Gasteiger partial charge in [-0.2, -0.15) is 0 Å². The first-order valence-corrected chi connectivity index (χ1v) is 7.57. The molecular weight excluding hydrogens is 252 g/mol. The molecule has 1 saturated carbocycles. The van der Waals surface area contributed by atoms with Crippen LogP contribution in [0.5, 0.6) is 0 Å². The lowest BCUT2D eigenvalue weighted by molar-refractivity contribution is -0.140. The molecule has 0 aromatic heterocycles. The van der Waals surface area contributed by atoms with Gasteiger partial charge in [-0.15, -0.1) is 0 Å². The van der Waals surface area contributed by atoms with Crippen LogP contribution in [0.25, 0.3) is 0 Å². The van der Waals surface area contributed by atoms with Gasteiger partial charge >= 0.3 is 0 Å². The van der Waals surface area contributed by atoms with Crippen LogP contribution >= 0.6 is 0 Å². The number of carbonyl (C=O) groups excluding carboxylic acids is 2. The molecule has 112 valence electrons. The van der Waals surface area contributed by atoms with Gasteiger partial charge in [-0.25, -0.2) is 0 Å². The highest BCUT2D eigenvalue weighted by molar-refractivity contribution is 5.87. The van der Waals surface area contributed by atoms with Crippen molar-refractivity contribution >= 4 is 11.8 Å². The average Bonchev–Trinajstić information content (AvgIpc) is 3.23. The largest absolute Gasteiger partial charge is 0.342 e. The van der Waals surface area contributed by atoms with E-state index in [1.807, 2.05) is 11.9 Å². The quantitative estimate of drug-likeness (QED) is 0.739. The normalized spacial score (nSPS) is 23.1. The molecule has 0 spiro atoms. The maximum absolute atomic E-state index is 12.6. The Bertz CT molecular complexity index is 407. The second-order valence-electron chi connectivity index (χ2n) is 6.58. The molecule has 4 nitrogen and oxygen atoms in total. The fourth-order valence-electron chi connectivity index (χ4n) is 3.04. The van der Waals surface area contributed by atoms with Crippen LogP contribution in [-0.2, 0) is 9.59 Å². The SMILES string of the molecule is C=CC(=O)N1CCC(C(=O)N(C)C(C)C2(C)CC2)CC1. The summed E-state index contributed by atoms with van der Waals surface area (Å²) in [6, 6.07) is 0.308. The third-order valence-corrected chi connectivity index (χ3v) is 5.31. The molecule has 1 saturated heterocycles. The van der Waals surface area contributed by atoms with Gasteiger partial charge in [0.05, 0.1) is 0 Å². The van der Waals surface area contributed by atoms with E-state index < -0.39 is 0 Å². The van der Waals surface area contributed by atoms with Crippen LogP contribution in [0.1, 0.15) is 39.5 Å². The molecule has 1 aliphatic carbocycles. The van der Waals surface area contributed by atoms with E-state index in [4.69, 9.17) is 0 Å². The summed E-state index contributed by atoms with van der Waals surface area (Å²) in [5.74, 6) is 0.290. The second-order valence-corrected chi connectivity index (χ2v) is 6.58. The van der Waals surface area contributed by atoms with Crippen molar-refractivity contribution in [2.24, 2.45) is 11.3 Å². The second kappa shape index (κ2) is 5.58. The molecule has 4 heteroatoms. The van der Waals surface area contributed by atoms with Gasteiger partial charge in [0.1, 0.15) is 0 Å². The summed E-state index contributed by atoms with van der Waals surface area (Å²) in [6.07, 6.45) is 5.33. The number of piperidine rings is 1. The first-order chi connectivity index (χ1) is 9.39. The lowest BCUT2D eigenvalue weighted by Gasteiger charge is -2.36. The van der Waals surface area contributed by atoms with Crippen LogP contribution < -0.4 is 0 Å². The van der Waals surface area contributed by atoms with Crippen molar-refractivity contribution in [3.63, 3.8) is 0 Å². The minimum absolute atomic E-state index is 0.0249. The van der Waals surface area contributed by atoms with E-state index in [0.29, 0.717) is 24.5 Å². The third-order valence-electron chi connectivity index (χ3n) is 5.31. The molecule has 1 unspecified atom stereocenters. The Kier molecular flexibility index (Phi) is 4.21. The molecule has 0 aromatic rings. The molecule has 2 rings (SSSR count). The van der Waals surface area contributed by atoms with Crippen molar-refractivity contribution in [2.45, 2.75) is 45.6 Å². The summed E-state index contributed by atoms with van der Waals surface area (Å²) < 4.78 is 0. The van der Waals surface area contributed by atoms with Crippen molar-refractivity contribution in [1.29, 1.82) is 0 Å². The Balaban J connectivity index is 1.88. The van der Waals surface area contributed by atoms with Crippen molar-refractivity contribution in [2.75, 3.05) is 20.1 Å². The molecule has 0 radical (unpaired) electrons.